The summed E-state index contributed by atoms with van der Waals surface area (Å²) in [6, 6.07) is 57.3. The van der Waals surface area contributed by atoms with Gasteiger partial charge in [-0.05, 0) is 227 Å². The Morgan fingerprint density at radius 3 is 0.927 bits per heavy atom. The maximum Gasteiger partial charge on any atom is 0.219 e. The van der Waals surface area contributed by atoms with Gasteiger partial charge in [-0.1, -0.05) is 98.2 Å². The van der Waals surface area contributed by atoms with Crippen LogP contribution in [0.3, 0.4) is 0 Å². The molecule has 4 aromatic heterocycles. The van der Waals surface area contributed by atoms with Gasteiger partial charge < -0.3 is 38.5 Å². The topological polar surface area (TPSA) is 221 Å². The van der Waals surface area contributed by atoms with E-state index >= 15 is 0 Å². The Morgan fingerprint density at radius 2 is 0.650 bits per heavy atom. The average molecular weight is 1740 g/mol. The number of benzene rings is 9. The van der Waals surface area contributed by atoms with Gasteiger partial charge in [-0.15, -0.1) is 0 Å². The van der Waals surface area contributed by atoms with Crippen LogP contribution >= 0.6 is 47.0 Å². The number of morpholine rings is 4. The molecule has 4 fully saturated rings. The molecule has 0 radical (unpaired) electrons. The molecule has 13 aromatic rings. The summed E-state index contributed by atoms with van der Waals surface area (Å²) in [6.45, 7) is 22.2. The third-order valence-corrected chi connectivity index (χ3v) is 24.5. The summed E-state index contributed by atoms with van der Waals surface area (Å²) in [7, 11) is 0. The maximum absolute atomic E-state index is 13.6. The van der Waals surface area contributed by atoms with Crippen molar-refractivity contribution in [2.75, 3.05) is 116 Å². The summed E-state index contributed by atoms with van der Waals surface area (Å²) in [5.74, 6) is 4.45. The normalized spacial score (nSPS) is 16.7. The molecule has 4 saturated heterocycles. The van der Waals surface area contributed by atoms with Crippen molar-refractivity contribution in [3.8, 4) is 45.0 Å². The van der Waals surface area contributed by atoms with E-state index in [-0.39, 0.29) is 67.9 Å². The van der Waals surface area contributed by atoms with Gasteiger partial charge in [0.25, 0.3) is 0 Å². The lowest BCUT2D eigenvalue weighted by Crippen LogP contribution is -2.44. The van der Waals surface area contributed by atoms with E-state index in [1.54, 1.807) is 85.1 Å². The number of halogens is 4. The Morgan fingerprint density at radius 1 is 0.366 bits per heavy atom. The fourth-order valence-electron chi connectivity index (χ4n) is 14.5. The molecular weight excluding hydrogens is 1640 g/mol. The van der Waals surface area contributed by atoms with E-state index in [9.17, 15) is 36.7 Å². The Hall–Kier alpha value is -10.8. The Kier molecular flexibility index (Phi) is 29.9. The van der Waals surface area contributed by atoms with Crippen LogP contribution in [0.25, 0.3) is 89.2 Å². The van der Waals surface area contributed by atoms with Gasteiger partial charge in [0.1, 0.15) is 46.0 Å². The maximum atomic E-state index is 13.6. The molecule has 8 heterocycles. The van der Waals surface area contributed by atoms with E-state index in [0.29, 0.717) is 180 Å². The van der Waals surface area contributed by atoms with Gasteiger partial charge in [0.15, 0.2) is 23.3 Å². The van der Waals surface area contributed by atoms with Crippen LogP contribution in [0.2, 0.25) is 0 Å². The van der Waals surface area contributed by atoms with Crippen molar-refractivity contribution >= 4 is 135 Å². The lowest BCUT2D eigenvalue weighted by atomic mass is 10.1. The standard InChI is InChI=1S/C27H24FN3O2S.C25H28FN3O2S.C22H22FN3O2S.C21H20FN3O2S/c1-18-16-33-14-13-31(18)26-25(20-7-10-22(28)11-8-20)29-23-12-9-21(15-24(23)30-26)27(32)34-17-19-5-3-2-4-6-19;1-16(2)10-13-32-25(30)19-6-9-21-22(14-19)28-24(29-11-12-31-15-17(29)3)23(27-21)18-4-7-20(26)8-5-18;1-3-29-22(27)16-6-9-18-19(12-16)25-21(26-10-11-28-13-14(26)2)20(24-18)15-4-7-17(23)8-5-15;1-13-12-27-10-9-25(13)20-19(14-3-6-16(22)7-4-14)23-17-8-5-15(21(26)28-2)11-18(17)24-20/h2-12,15,18H,13-14,16-17H2,1H3;4-9,14,16-17H,10-13,15H2,1-3H3;4-9,12,14H,3,10-11,13H2,1-2H3;3-8,11,13H,9-10,12H2,1-2H3/t18-;17-;14-;13-/m0000/s1. The summed E-state index contributed by atoms with van der Waals surface area (Å²) in [6.07, 6.45) is 2.76. The molecule has 123 heavy (non-hydrogen) atoms. The fraction of sp³-hybridized carbons (Fsp3) is 0.305. The Labute approximate surface area is 729 Å². The first-order valence-corrected chi connectivity index (χ1v) is 45.1. The Balaban J connectivity index is 0.000000134. The lowest BCUT2D eigenvalue weighted by Gasteiger charge is -2.35. The van der Waals surface area contributed by atoms with E-state index in [0.717, 1.165) is 69.0 Å². The average Bonchev–Trinajstić information content (AvgIpc) is 0.785. The molecule has 0 unspecified atom stereocenters. The molecule has 17 rings (SSSR count). The molecule has 9 aromatic carbocycles. The summed E-state index contributed by atoms with van der Waals surface area (Å²) in [5.41, 5.74) is 15.0. The van der Waals surface area contributed by atoms with E-state index < -0.39 is 0 Å². The third-order valence-electron chi connectivity index (χ3n) is 21.2. The third kappa shape index (κ3) is 22.0. The molecule has 28 heteroatoms. The summed E-state index contributed by atoms with van der Waals surface area (Å²) in [4.78, 5) is 97.8. The monoisotopic (exact) mass is 1730 g/mol. The SMILES string of the molecule is CC(C)CCSC(=O)c1ccc2nc(-c3ccc(F)cc3)c(N3CCOC[C@@H]3C)nc2c1.CCSC(=O)c1ccc2nc(-c3ccc(F)cc3)c(N3CCOC[C@@H]3C)nc2c1.CSC(=O)c1ccc2nc(-c3ccc(F)cc3)c(N3CCOC[C@@H]3C)nc2c1.C[C@H]1COCCN1c1nc2cc(C(=O)SCc3ccccc3)ccc2nc1-c1ccc(F)cc1. The number of carbonyl (C=O) groups excluding carboxylic acids is 4. The van der Waals surface area contributed by atoms with E-state index in [4.69, 9.17) is 58.8 Å². The zero-order valence-electron chi connectivity index (χ0n) is 69.5. The summed E-state index contributed by atoms with van der Waals surface area (Å²) >= 11 is 5.07. The van der Waals surface area contributed by atoms with Crippen LogP contribution in [0.15, 0.2) is 200 Å². The summed E-state index contributed by atoms with van der Waals surface area (Å²) < 4.78 is 76.3. The molecule has 0 spiro atoms. The number of fused-ring (bicyclic) bond motifs is 4. The van der Waals surface area contributed by atoms with Crippen molar-refractivity contribution in [3.63, 3.8) is 0 Å². The van der Waals surface area contributed by atoms with Gasteiger partial charge >= 0.3 is 0 Å². The van der Waals surface area contributed by atoms with Gasteiger partial charge in [-0.25, -0.2) is 57.4 Å². The van der Waals surface area contributed by atoms with Crippen molar-refractivity contribution in [2.24, 2.45) is 5.92 Å². The van der Waals surface area contributed by atoms with Crippen molar-refractivity contribution in [2.45, 2.75) is 84.8 Å². The highest BCUT2D eigenvalue weighted by atomic mass is 32.2. The number of carbonyl (C=O) groups is 4. The van der Waals surface area contributed by atoms with Gasteiger partial charge in [-0.2, -0.15) is 0 Å². The molecule has 20 nitrogen and oxygen atoms in total. The van der Waals surface area contributed by atoms with Gasteiger partial charge in [0, 0.05) is 82.2 Å². The zero-order chi connectivity index (χ0) is 86.2. The minimum absolute atomic E-state index is 0.00328. The predicted molar refractivity (Wildman–Crippen MR) is 489 cm³/mol. The number of hydrogen-bond donors (Lipinski definition) is 0. The van der Waals surface area contributed by atoms with Crippen LogP contribution in [0, 0.1) is 29.2 Å². The molecule has 0 N–H and O–H groups in total. The highest BCUT2D eigenvalue weighted by molar-refractivity contribution is 8.14. The van der Waals surface area contributed by atoms with Crippen LogP contribution in [-0.4, -0.2) is 181 Å². The highest BCUT2D eigenvalue weighted by Gasteiger charge is 2.31. The van der Waals surface area contributed by atoms with Gasteiger partial charge in [0.2, 0.25) is 20.5 Å². The number of nitrogens with zero attached hydrogens (tertiary/aromatic N) is 12. The minimum Gasteiger partial charge on any atom is -0.377 e. The lowest BCUT2D eigenvalue weighted by molar-refractivity contribution is 0.0985. The number of aromatic nitrogens is 8. The minimum atomic E-state index is -0.296. The smallest absolute Gasteiger partial charge is 0.219 e. The van der Waals surface area contributed by atoms with Crippen LogP contribution in [0.4, 0.5) is 40.8 Å². The second-order valence-corrected chi connectivity index (χ2v) is 34.5. The highest BCUT2D eigenvalue weighted by Crippen LogP contribution is 2.39. The first-order chi connectivity index (χ1) is 59.6. The number of anilines is 4. The van der Waals surface area contributed by atoms with Crippen molar-refractivity contribution in [1.82, 2.24) is 39.9 Å². The molecule has 4 aliphatic heterocycles. The van der Waals surface area contributed by atoms with Crippen molar-refractivity contribution in [3.05, 3.63) is 251 Å². The first kappa shape index (κ1) is 88.5. The fourth-order valence-corrected chi connectivity index (χ4v) is 17.2. The van der Waals surface area contributed by atoms with E-state index in [2.05, 4.69) is 61.1 Å². The van der Waals surface area contributed by atoms with Gasteiger partial charge in [-0.3, -0.25) is 19.2 Å². The molecule has 0 saturated carbocycles. The van der Waals surface area contributed by atoms with Crippen LogP contribution in [-0.2, 0) is 24.7 Å². The second-order valence-electron chi connectivity index (χ2n) is 30.5. The van der Waals surface area contributed by atoms with E-state index in [1.165, 1.54) is 95.6 Å². The molecule has 4 atom stereocenters. The quantitative estimate of drug-likeness (QED) is 0.0729. The molecule has 0 amide bonds. The first-order valence-electron chi connectivity index (χ1n) is 41.0. The van der Waals surface area contributed by atoms with Crippen LogP contribution in [0.1, 0.15) is 102 Å². The van der Waals surface area contributed by atoms with Crippen molar-refractivity contribution < 1.29 is 55.7 Å². The van der Waals surface area contributed by atoms with Crippen LogP contribution in [0.5, 0.6) is 0 Å². The molecular formula is C95H94F4N12O8S4. The van der Waals surface area contributed by atoms with E-state index in [1.807, 2.05) is 79.7 Å². The van der Waals surface area contributed by atoms with Crippen molar-refractivity contribution in [1.29, 1.82) is 0 Å². The Bertz CT molecular complexity index is 5920. The molecule has 634 valence electrons. The number of thioether (sulfide) groups is 4. The number of hydrogen-bond acceptors (Lipinski definition) is 24. The molecule has 4 aliphatic rings. The molecule has 0 aliphatic carbocycles. The predicted octanol–water partition coefficient (Wildman–Crippen LogP) is 20.0. The number of rotatable bonds is 18. The molecule has 0 bridgehead atoms. The largest absolute Gasteiger partial charge is 0.377 e. The van der Waals surface area contributed by atoms with Gasteiger partial charge in [0.05, 0.1) is 121 Å². The summed E-state index contributed by atoms with van der Waals surface area (Å²) in [5, 5.41) is 0.0717. The zero-order valence-corrected chi connectivity index (χ0v) is 72.8. The number of ether oxygens (including phenoxy) is 4. The van der Waals surface area contributed by atoms with Crippen LogP contribution < -0.4 is 19.6 Å². The second kappa shape index (κ2) is 41.6.